The van der Waals surface area contributed by atoms with E-state index in [1.165, 1.54) is 0 Å². The van der Waals surface area contributed by atoms with Gasteiger partial charge in [0.1, 0.15) is 5.92 Å². The van der Waals surface area contributed by atoms with Gasteiger partial charge in [0.2, 0.25) is 0 Å². The van der Waals surface area contributed by atoms with Crippen LogP contribution >= 0.6 is 0 Å². The molecular formula is C7H10N2O2. The molecule has 11 heavy (non-hydrogen) atoms. The van der Waals surface area contributed by atoms with Gasteiger partial charge in [-0.1, -0.05) is 5.16 Å². The van der Waals surface area contributed by atoms with Crippen LogP contribution in [-0.2, 0) is 9.63 Å². The van der Waals surface area contributed by atoms with E-state index in [1.807, 2.05) is 0 Å². The molecule has 1 N–H and O–H groups in total. The highest BCUT2D eigenvalue weighted by atomic mass is 16.7. The summed E-state index contributed by atoms with van der Waals surface area (Å²) in [6, 6.07) is 0. The van der Waals surface area contributed by atoms with Crippen LogP contribution in [0.2, 0.25) is 0 Å². The van der Waals surface area contributed by atoms with Gasteiger partial charge in [-0.3, -0.25) is 0 Å². The maximum Gasteiger partial charge on any atom is 0.343 e. The number of fused-ring (bicyclic) bond motifs is 1. The Morgan fingerprint density at radius 1 is 1.64 bits per heavy atom. The van der Waals surface area contributed by atoms with E-state index in [2.05, 4.69) is 15.3 Å². The zero-order valence-corrected chi connectivity index (χ0v) is 6.17. The molecule has 4 heteroatoms. The number of hydrogen-bond donors (Lipinski definition) is 1. The lowest BCUT2D eigenvalue weighted by Crippen LogP contribution is -2.24. The van der Waals surface area contributed by atoms with Gasteiger partial charge in [-0.15, -0.1) is 0 Å². The molecule has 0 spiro atoms. The van der Waals surface area contributed by atoms with Crippen LogP contribution in [0.3, 0.4) is 0 Å². The molecule has 2 aliphatic rings. The van der Waals surface area contributed by atoms with Crippen molar-refractivity contribution in [3.63, 3.8) is 0 Å². The third-order valence-electron chi connectivity index (χ3n) is 2.09. The van der Waals surface area contributed by atoms with Gasteiger partial charge in [0.25, 0.3) is 0 Å². The fourth-order valence-corrected chi connectivity index (χ4v) is 1.45. The van der Waals surface area contributed by atoms with E-state index < -0.39 is 0 Å². The topological polar surface area (TPSA) is 50.7 Å². The van der Waals surface area contributed by atoms with Gasteiger partial charge in [-0.25, -0.2) is 4.79 Å². The number of hydrogen-bond acceptors (Lipinski definition) is 4. The maximum absolute atomic E-state index is 11.0. The molecule has 2 rings (SSSR count). The molecular weight excluding hydrogens is 144 g/mol. The highest BCUT2D eigenvalue weighted by Gasteiger charge is 2.32. The van der Waals surface area contributed by atoms with Crippen molar-refractivity contribution in [2.45, 2.75) is 12.8 Å². The molecule has 1 saturated heterocycles. The van der Waals surface area contributed by atoms with Gasteiger partial charge in [0.15, 0.2) is 0 Å². The van der Waals surface area contributed by atoms with E-state index in [0.29, 0.717) is 6.54 Å². The van der Waals surface area contributed by atoms with Crippen LogP contribution in [0.25, 0.3) is 0 Å². The number of oxime groups is 1. The number of rotatable bonds is 0. The lowest BCUT2D eigenvalue weighted by atomic mass is 10.0. The van der Waals surface area contributed by atoms with Gasteiger partial charge >= 0.3 is 5.97 Å². The molecule has 0 saturated carbocycles. The zero-order valence-electron chi connectivity index (χ0n) is 6.17. The number of carbonyl (C=O) groups excluding carboxylic acids is 1. The van der Waals surface area contributed by atoms with E-state index >= 15 is 0 Å². The third-order valence-corrected chi connectivity index (χ3v) is 2.09. The first-order valence-corrected chi connectivity index (χ1v) is 3.86. The first-order chi connectivity index (χ1) is 5.38. The summed E-state index contributed by atoms with van der Waals surface area (Å²) < 4.78 is 0. The molecule has 0 radical (unpaired) electrons. The Kier molecular flexibility index (Phi) is 1.62. The lowest BCUT2D eigenvalue weighted by molar-refractivity contribution is -0.143. The summed E-state index contributed by atoms with van der Waals surface area (Å²) in [6.07, 6.45) is 1.91. The molecule has 4 nitrogen and oxygen atoms in total. The van der Waals surface area contributed by atoms with E-state index in [9.17, 15) is 4.79 Å². The van der Waals surface area contributed by atoms with Gasteiger partial charge in [0.05, 0.1) is 5.71 Å². The Balaban J connectivity index is 2.15. The van der Waals surface area contributed by atoms with Crippen molar-refractivity contribution in [2.75, 3.05) is 13.1 Å². The van der Waals surface area contributed by atoms with Crippen molar-refractivity contribution in [3.8, 4) is 0 Å². The van der Waals surface area contributed by atoms with Crippen LogP contribution in [0.4, 0.5) is 0 Å². The first-order valence-electron chi connectivity index (χ1n) is 3.86. The van der Waals surface area contributed by atoms with Gasteiger partial charge in [-0.2, -0.15) is 0 Å². The molecule has 60 valence electrons. The summed E-state index contributed by atoms with van der Waals surface area (Å²) in [5.41, 5.74) is 0.868. The van der Waals surface area contributed by atoms with Crippen LogP contribution in [0.15, 0.2) is 5.16 Å². The predicted molar refractivity (Wildman–Crippen MR) is 39.1 cm³/mol. The Labute approximate surface area is 64.6 Å². The smallest absolute Gasteiger partial charge is 0.318 e. The van der Waals surface area contributed by atoms with Crippen molar-refractivity contribution in [1.29, 1.82) is 0 Å². The largest absolute Gasteiger partial charge is 0.343 e. The first kappa shape index (κ1) is 6.79. The molecule has 1 atom stereocenters. The monoisotopic (exact) mass is 154 g/mol. The number of nitrogens with zero attached hydrogens (tertiary/aromatic N) is 1. The van der Waals surface area contributed by atoms with E-state index in [0.717, 1.165) is 25.1 Å². The normalized spacial score (nSPS) is 30.4. The van der Waals surface area contributed by atoms with E-state index in [1.54, 1.807) is 0 Å². The van der Waals surface area contributed by atoms with E-state index in [4.69, 9.17) is 0 Å². The van der Waals surface area contributed by atoms with Crippen LogP contribution in [0, 0.1) is 5.92 Å². The highest BCUT2D eigenvalue weighted by molar-refractivity contribution is 6.06. The number of nitrogens with one attached hydrogen (secondary N) is 1. The van der Waals surface area contributed by atoms with E-state index in [-0.39, 0.29) is 11.9 Å². The fraction of sp³-hybridized carbons (Fsp3) is 0.714. The minimum atomic E-state index is -0.177. The van der Waals surface area contributed by atoms with Crippen LogP contribution in [-0.4, -0.2) is 24.8 Å². The second kappa shape index (κ2) is 2.62. The molecule has 0 aromatic rings. The Bertz CT molecular complexity index is 212. The molecule has 1 unspecified atom stereocenters. The predicted octanol–water partition coefficient (Wildman–Crippen LogP) is -0.101. The van der Waals surface area contributed by atoms with Crippen LogP contribution < -0.4 is 5.32 Å². The molecule has 0 aromatic heterocycles. The summed E-state index contributed by atoms with van der Waals surface area (Å²) in [4.78, 5) is 15.6. The minimum absolute atomic E-state index is 0.0509. The second-order valence-electron chi connectivity index (χ2n) is 2.86. The summed E-state index contributed by atoms with van der Waals surface area (Å²) in [5.74, 6) is -0.228. The average molecular weight is 154 g/mol. The maximum atomic E-state index is 11.0. The molecule has 0 bridgehead atoms. The van der Waals surface area contributed by atoms with Crippen molar-refractivity contribution in [3.05, 3.63) is 0 Å². The molecule has 0 aliphatic carbocycles. The van der Waals surface area contributed by atoms with Crippen LogP contribution in [0.5, 0.6) is 0 Å². The van der Waals surface area contributed by atoms with Gasteiger partial charge in [0, 0.05) is 6.54 Å². The standard InChI is InChI=1S/C7H10N2O2/c10-7-5-2-1-3-8-4-6(5)9-11-7/h5,8H,1-4H2. The number of carbonyl (C=O) groups is 1. The highest BCUT2D eigenvalue weighted by Crippen LogP contribution is 2.18. The van der Waals surface area contributed by atoms with Gasteiger partial charge in [-0.05, 0) is 19.4 Å². The quantitative estimate of drug-likeness (QED) is 0.496. The van der Waals surface area contributed by atoms with Crippen molar-refractivity contribution in [2.24, 2.45) is 11.1 Å². The van der Waals surface area contributed by atoms with Crippen molar-refractivity contribution in [1.82, 2.24) is 5.32 Å². The average Bonchev–Trinajstić information content (AvgIpc) is 2.25. The molecule has 1 fully saturated rings. The third kappa shape index (κ3) is 1.14. The zero-order chi connectivity index (χ0) is 7.68. The van der Waals surface area contributed by atoms with Gasteiger partial charge < -0.3 is 10.2 Å². The fourth-order valence-electron chi connectivity index (χ4n) is 1.45. The SMILES string of the molecule is O=C1ON=C2CNCCCC12. The van der Waals surface area contributed by atoms with Crippen LogP contribution in [0.1, 0.15) is 12.8 Å². The molecule has 0 aromatic carbocycles. The minimum Gasteiger partial charge on any atom is -0.318 e. The Morgan fingerprint density at radius 2 is 2.55 bits per heavy atom. The van der Waals surface area contributed by atoms with Crippen molar-refractivity contribution < 1.29 is 9.63 Å². The summed E-state index contributed by atoms with van der Waals surface area (Å²) in [6.45, 7) is 1.68. The molecule has 2 heterocycles. The summed E-state index contributed by atoms with van der Waals surface area (Å²) in [5, 5.41) is 6.88. The second-order valence-corrected chi connectivity index (χ2v) is 2.86. The Hall–Kier alpha value is -0.900. The summed E-state index contributed by atoms with van der Waals surface area (Å²) >= 11 is 0. The Morgan fingerprint density at radius 3 is 3.45 bits per heavy atom. The molecule has 2 aliphatic heterocycles. The molecule has 0 amide bonds. The lowest BCUT2D eigenvalue weighted by Gasteiger charge is -2.00. The van der Waals surface area contributed by atoms with Crippen molar-refractivity contribution >= 4 is 11.7 Å². The summed E-state index contributed by atoms with van der Waals surface area (Å²) in [7, 11) is 0.